The molecule has 0 saturated heterocycles. The molecule has 0 atom stereocenters. The summed E-state index contributed by atoms with van der Waals surface area (Å²) in [4.78, 5) is 27.3. The number of nitrogens with one attached hydrogen (secondary N) is 1. The van der Waals surface area contributed by atoms with Gasteiger partial charge >= 0.3 is 5.69 Å². The highest BCUT2D eigenvalue weighted by Gasteiger charge is 2.22. The van der Waals surface area contributed by atoms with Crippen LogP contribution in [-0.4, -0.2) is 45.2 Å². The summed E-state index contributed by atoms with van der Waals surface area (Å²) in [5, 5.41) is 26.4. The van der Waals surface area contributed by atoms with Gasteiger partial charge in [0.1, 0.15) is 24.4 Å². The summed E-state index contributed by atoms with van der Waals surface area (Å²) >= 11 is 0. The van der Waals surface area contributed by atoms with Crippen LogP contribution in [0.5, 0.6) is 0 Å². The number of carbonyl (C=O) groups excluding carboxylic acids is 1. The zero-order chi connectivity index (χ0) is 22.0. The Morgan fingerprint density at radius 1 is 1.10 bits per heavy atom. The molecule has 0 aliphatic heterocycles. The highest BCUT2D eigenvalue weighted by Crippen LogP contribution is 2.21. The van der Waals surface area contributed by atoms with Gasteiger partial charge in [0, 0.05) is 6.20 Å². The van der Waals surface area contributed by atoms with Gasteiger partial charge in [0.25, 0.3) is 5.91 Å². The fourth-order valence-corrected chi connectivity index (χ4v) is 3.15. The molecule has 0 bridgehead atoms. The molecule has 12 nitrogen and oxygen atoms in total. The normalized spacial score (nSPS) is 10.9. The number of benzene rings is 1. The molecule has 1 aromatic carbocycles. The van der Waals surface area contributed by atoms with Crippen LogP contribution in [0.3, 0.4) is 0 Å². The number of nitrogens with zero attached hydrogens (tertiary/aromatic N) is 8. The number of rotatable bonds is 7. The molecule has 0 aliphatic rings. The molecule has 0 aliphatic carbocycles. The van der Waals surface area contributed by atoms with Gasteiger partial charge in [-0.05, 0) is 25.5 Å². The Morgan fingerprint density at radius 2 is 1.87 bits per heavy atom. The van der Waals surface area contributed by atoms with Crippen molar-refractivity contribution >= 4 is 17.5 Å². The highest BCUT2D eigenvalue weighted by atomic mass is 16.6. The van der Waals surface area contributed by atoms with Gasteiger partial charge in [-0.2, -0.15) is 10.2 Å². The van der Waals surface area contributed by atoms with E-state index in [1.807, 2.05) is 30.3 Å². The van der Waals surface area contributed by atoms with Crippen molar-refractivity contribution in [2.24, 2.45) is 0 Å². The molecular formula is C19H19N9O3. The van der Waals surface area contributed by atoms with Crippen LogP contribution in [0, 0.1) is 24.0 Å². The first kappa shape index (κ1) is 19.9. The summed E-state index contributed by atoms with van der Waals surface area (Å²) in [5.41, 5.74) is 1.94. The third kappa shape index (κ3) is 4.32. The Kier molecular flexibility index (Phi) is 5.26. The quantitative estimate of drug-likeness (QED) is 0.356. The number of aryl methyl sites for hydroxylation is 1. The fourth-order valence-electron chi connectivity index (χ4n) is 3.15. The molecule has 3 heterocycles. The van der Waals surface area contributed by atoms with Crippen molar-refractivity contribution in [3.8, 4) is 0 Å². The van der Waals surface area contributed by atoms with Crippen molar-refractivity contribution in [1.82, 2.24) is 34.3 Å². The lowest BCUT2D eigenvalue weighted by atomic mass is 10.2. The van der Waals surface area contributed by atoms with Gasteiger partial charge in [-0.15, -0.1) is 5.10 Å². The summed E-state index contributed by atoms with van der Waals surface area (Å²) in [6.07, 6.45) is 3.13. The van der Waals surface area contributed by atoms with Gasteiger partial charge in [0.2, 0.25) is 5.95 Å². The van der Waals surface area contributed by atoms with Crippen molar-refractivity contribution in [3.63, 3.8) is 0 Å². The minimum atomic E-state index is -0.462. The van der Waals surface area contributed by atoms with Crippen molar-refractivity contribution < 1.29 is 9.72 Å². The van der Waals surface area contributed by atoms with Gasteiger partial charge in [-0.3, -0.25) is 24.9 Å². The van der Waals surface area contributed by atoms with Crippen molar-refractivity contribution in [1.29, 1.82) is 0 Å². The van der Waals surface area contributed by atoms with E-state index in [2.05, 4.69) is 25.6 Å². The predicted octanol–water partition coefficient (Wildman–Crippen LogP) is 2.00. The van der Waals surface area contributed by atoms with E-state index in [1.54, 1.807) is 24.7 Å². The van der Waals surface area contributed by atoms with E-state index in [-0.39, 0.29) is 24.0 Å². The highest BCUT2D eigenvalue weighted by molar-refractivity contribution is 6.01. The molecule has 4 aromatic rings. The lowest BCUT2D eigenvalue weighted by Crippen LogP contribution is -2.16. The Labute approximate surface area is 176 Å². The summed E-state index contributed by atoms with van der Waals surface area (Å²) in [7, 11) is 0. The van der Waals surface area contributed by atoms with Crippen LogP contribution in [0.1, 0.15) is 27.4 Å². The van der Waals surface area contributed by atoms with E-state index < -0.39 is 10.8 Å². The summed E-state index contributed by atoms with van der Waals surface area (Å²) in [5.74, 6) is -0.291. The molecule has 0 saturated carbocycles. The molecule has 4 rings (SSSR count). The maximum atomic E-state index is 12.5. The molecular weight excluding hydrogens is 402 g/mol. The van der Waals surface area contributed by atoms with E-state index >= 15 is 0 Å². The molecule has 0 fully saturated rings. The number of carbonyl (C=O) groups is 1. The van der Waals surface area contributed by atoms with E-state index in [4.69, 9.17) is 0 Å². The Balaban J connectivity index is 1.41. The SMILES string of the molecule is Cc1nn(Cn2ccc(C(=O)Nc3ncn(Cc4ccccc4)n3)n2)c(C)c1[N+](=O)[O-]. The molecule has 0 unspecified atom stereocenters. The maximum Gasteiger partial charge on any atom is 0.312 e. The van der Waals surface area contributed by atoms with Crippen LogP contribution in [0.2, 0.25) is 0 Å². The number of anilines is 1. The third-order valence-corrected chi connectivity index (χ3v) is 4.63. The van der Waals surface area contributed by atoms with Crippen molar-refractivity contribution in [3.05, 3.63) is 81.7 Å². The molecule has 1 amide bonds. The minimum absolute atomic E-state index is 0.0257. The van der Waals surface area contributed by atoms with Crippen LogP contribution in [-0.2, 0) is 13.2 Å². The number of amides is 1. The largest absolute Gasteiger partial charge is 0.312 e. The van der Waals surface area contributed by atoms with Crippen LogP contribution in [0.25, 0.3) is 0 Å². The second kappa shape index (κ2) is 8.18. The van der Waals surface area contributed by atoms with E-state index in [0.717, 1.165) is 5.56 Å². The minimum Gasteiger partial charge on any atom is -0.288 e. The van der Waals surface area contributed by atoms with Crippen LogP contribution < -0.4 is 5.32 Å². The summed E-state index contributed by atoms with van der Waals surface area (Å²) in [6, 6.07) is 11.3. The van der Waals surface area contributed by atoms with Gasteiger partial charge in [0.05, 0.1) is 11.5 Å². The number of hydrogen-bond acceptors (Lipinski definition) is 7. The zero-order valence-corrected chi connectivity index (χ0v) is 16.8. The lowest BCUT2D eigenvalue weighted by molar-refractivity contribution is -0.386. The fraction of sp³-hybridized carbons (Fsp3) is 0.211. The second-order valence-electron chi connectivity index (χ2n) is 6.86. The van der Waals surface area contributed by atoms with Crippen LogP contribution in [0.4, 0.5) is 11.6 Å². The molecule has 12 heteroatoms. The number of nitro groups is 1. The second-order valence-corrected chi connectivity index (χ2v) is 6.86. The summed E-state index contributed by atoms with van der Waals surface area (Å²) in [6.45, 7) is 3.87. The molecule has 158 valence electrons. The molecule has 1 N–H and O–H groups in total. The summed E-state index contributed by atoms with van der Waals surface area (Å²) < 4.78 is 4.56. The first-order chi connectivity index (χ1) is 14.9. The topological polar surface area (TPSA) is 139 Å². The smallest absolute Gasteiger partial charge is 0.288 e. The first-order valence-electron chi connectivity index (χ1n) is 9.37. The molecule has 0 radical (unpaired) electrons. The number of hydrogen-bond donors (Lipinski definition) is 1. The average Bonchev–Trinajstić information content (AvgIpc) is 3.43. The van der Waals surface area contributed by atoms with E-state index in [0.29, 0.717) is 17.9 Å². The Bertz CT molecular complexity index is 1240. The Hall–Kier alpha value is -4.35. The molecule has 0 spiro atoms. The average molecular weight is 421 g/mol. The van der Waals surface area contributed by atoms with Gasteiger partial charge in [-0.25, -0.2) is 14.3 Å². The zero-order valence-electron chi connectivity index (χ0n) is 16.8. The van der Waals surface area contributed by atoms with Gasteiger partial charge < -0.3 is 0 Å². The molecule has 3 aromatic heterocycles. The number of aromatic nitrogens is 7. The standard InChI is InChI=1S/C19H19N9O3/c1-13-17(28(30)31)14(2)27(22-13)12-25-9-8-16(23-25)18(29)21-19-20-11-26(24-19)10-15-6-4-3-5-7-15/h3-9,11H,10,12H2,1-2H3,(H,21,24,29). The van der Waals surface area contributed by atoms with Gasteiger partial charge in [0.15, 0.2) is 5.69 Å². The predicted molar refractivity (Wildman–Crippen MR) is 109 cm³/mol. The first-order valence-corrected chi connectivity index (χ1v) is 9.37. The lowest BCUT2D eigenvalue weighted by Gasteiger charge is -2.03. The monoisotopic (exact) mass is 421 g/mol. The molecule has 31 heavy (non-hydrogen) atoms. The van der Waals surface area contributed by atoms with Crippen LogP contribution >= 0.6 is 0 Å². The van der Waals surface area contributed by atoms with Crippen molar-refractivity contribution in [2.75, 3.05) is 5.32 Å². The van der Waals surface area contributed by atoms with E-state index in [1.165, 1.54) is 21.8 Å². The van der Waals surface area contributed by atoms with Crippen LogP contribution in [0.15, 0.2) is 48.9 Å². The van der Waals surface area contributed by atoms with Crippen molar-refractivity contribution in [2.45, 2.75) is 27.1 Å². The van der Waals surface area contributed by atoms with Gasteiger partial charge in [-0.1, -0.05) is 30.3 Å². The van der Waals surface area contributed by atoms with E-state index in [9.17, 15) is 14.9 Å². The Morgan fingerprint density at radius 3 is 2.58 bits per heavy atom. The maximum absolute atomic E-state index is 12.5. The third-order valence-electron chi connectivity index (χ3n) is 4.63.